The van der Waals surface area contributed by atoms with Crippen LogP contribution in [0.3, 0.4) is 0 Å². The van der Waals surface area contributed by atoms with Crippen LogP contribution in [0.4, 0.5) is 0 Å². The fourth-order valence-electron chi connectivity index (χ4n) is 2.45. The van der Waals surface area contributed by atoms with Crippen LogP contribution in [0.25, 0.3) is 0 Å². The first-order chi connectivity index (χ1) is 7.53. The summed E-state index contributed by atoms with van der Waals surface area (Å²) in [6.07, 6.45) is 0.617. The second-order valence-electron chi connectivity index (χ2n) is 4.34. The van der Waals surface area contributed by atoms with Crippen molar-refractivity contribution in [2.24, 2.45) is 5.73 Å². The Morgan fingerprint density at radius 2 is 2.25 bits per heavy atom. The molecule has 2 unspecified atom stereocenters. The molecule has 0 saturated carbocycles. The van der Waals surface area contributed by atoms with E-state index in [1.807, 2.05) is 4.90 Å². The fourth-order valence-corrected chi connectivity index (χ4v) is 4.19. The van der Waals surface area contributed by atoms with Crippen LogP contribution in [0, 0.1) is 0 Å². The molecule has 2 aliphatic heterocycles. The second kappa shape index (κ2) is 4.31. The highest BCUT2D eigenvalue weighted by Crippen LogP contribution is 2.20. The summed E-state index contributed by atoms with van der Waals surface area (Å²) in [5.41, 5.74) is 5.57. The van der Waals surface area contributed by atoms with E-state index in [0.717, 1.165) is 0 Å². The van der Waals surface area contributed by atoms with Gasteiger partial charge in [-0.15, -0.1) is 0 Å². The van der Waals surface area contributed by atoms with Gasteiger partial charge in [-0.2, -0.15) is 0 Å². The molecule has 0 spiro atoms. The van der Waals surface area contributed by atoms with E-state index in [9.17, 15) is 13.2 Å². The van der Waals surface area contributed by atoms with Crippen molar-refractivity contribution in [1.29, 1.82) is 0 Å². The number of nitrogens with zero attached hydrogens (tertiary/aromatic N) is 1. The summed E-state index contributed by atoms with van der Waals surface area (Å²) in [6, 6.07) is -0.406. The van der Waals surface area contributed by atoms with Crippen LogP contribution in [0.1, 0.15) is 6.42 Å². The molecule has 16 heavy (non-hydrogen) atoms. The molecule has 2 saturated heterocycles. The van der Waals surface area contributed by atoms with Crippen LogP contribution in [-0.4, -0.2) is 62.4 Å². The third kappa shape index (κ3) is 2.21. The predicted octanol–water partition coefficient (Wildman–Crippen LogP) is -2.07. The van der Waals surface area contributed by atoms with Crippen molar-refractivity contribution in [1.82, 2.24) is 10.2 Å². The van der Waals surface area contributed by atoms with Gasteiger partial charge in [-0.25, -0.2) is 8.42 Å². The van der Waals surface area contributed by atoms with E-state index in [-0.39, 0.29) is 36.0 Å². The van der Waals surface area contributed by atoms with E-state index in [2.05, 4.69) is 5.32 Å². The molecule has 0 aromatic rings. The number of nitrogens with one attached hydrogen (secondary N) is 1. The summed E-state index contributed by atoms with van der Waals surface area (Å²) in [5.74, 6) is 0.308. The Bertz CT molecular complexity index is 381. The van der Waals surface area contributed by atoms with Crippen LogP contribution in [0.15, 0.2) is 0 Å². The first-order valence-corrected chi connectivity index (χ1v) is 7.29. The number of rotatable bonds is 2. The predicted molar refractivity (Wildman–Crippen MR) is 59.6 cm³/mol. The van der Waals surface area contributed by atoms with Crippen molar-refractivity contribution < 1.29 is 13.2 Å². The number of nitrogens with two attached hydrogens (primary N) is 1. The molecule has 2 atom stereocenters. The molecule has 0 aromatic heterocycles. The van der Waals surface area contributed by atoms with Gasteiger partial charge in [0.15, 0.2) is 9.84 Å². The first kappa shape index (κ1) is 11.8. The summed E-state index contributed by atoms with van der Waals surface area (Å²) < 4.78 is 22.8. The molecule has 2 rings (SSSR count). The lowest BCUT2D eigenvalue weighted by molar-refractivity contribution is -0.129. The van der Waals surface area contributed by atoms with Gasteiger partial charge in [-0.3, -0.25) is 9.69 Å². The minimum atomic E-state index is -2.91. The SMILES string of the molecule is NCC1C(=O)NCCN1C1CCS(=O)(=O)C1. The summed E-state index contributed by atoms with van der Waals surface area (Å²) in [6.45, 7) is 1.50. The Morgan fingerprint density at radius 1 is 1.50 bits per heavy atom. The average Bonchev–Trinajstić information content (AvgIpc) is 2.58. The number of sulfone groups is 1. The van der Waals surface area contributed by atoms with Crippen molar-refractivity contribution in [3.8, 4) is 0 Å². The van der Waals surface area contributed by atoms with Crippen LogP contribution < -0.4 is 11.1 Å². The van der Waals surface area contributed by atoms with E-state index < -0.39 is 9.84 Å². The molecule has 3 N–H and O–H groups in total. The summed E-state index contributed by atoms with van der Waals surface area (Å²) >= 11 is 0. The number of carbonyl (C=O) groups is 1. The largest absolute Gasteiger partial charge is 0.353 e. The van der Waals surface area contributed by atoms with Gasteiger partial charge in [0, 0.05) is 25.7 Å². The standard InChI is InChI=1S/C9H17N3O3S/c10-5-8-9(13)11-2-3-12(8)7-1-4-16(14,15)6-7/h7-8H,1-6,10H2,(H,11,13). The van der Waals surface area contributed by atoms with Crippen LogP contribution in [-0.2, 0) is 14.6 Å². The smallest absolute Gasteiger partial charge is 0.238 e. The fraction of sp³-hybridized carbons (Fsp3) is 0.889. The van der Waals surface area contributed by atoms with Crippen molar-refractivity contribution in [2.45, 2.75) is 18.5 Å². The molecule has 2 aliphatic rings. The molecule has 2 fully saturated rings. The highest BCUT2D eigenvalue weighted by atomic mass is 32.2. The quantitative estimate of drug-likeness (QED) is 0.585. The lowest BCUT2D eigenvalue weighted by atomic mass is 10.1. The number of hydrogen-bond acceptors (Lipinski definition) is 5. The highest BCUT2D eigenvalue weighted by Gasteiger charge is 2.38. The zero-order chi connectivity index (χ0) is 11.8. The first-order valence-electron chi connectivity index (χ1n) is 5.47. The molecule has 92 valence electrons. The second-order valence-corrected chi connectivity index (χ2v) is 6.57. The van der Waals surface area contributed by atoms with Gasteiger partial charge >= 0.3 is 0 Å². The molecule has 1 amide bonds. The Labute approximate surface area is 95.1 Å². The van der Waals surface area contributed by atoms with Gasteiger partial charge < -0.3 is 11.1 Å². The number of piperazine rings is 1. The normalized spacial score (nSPS) is 34.9. The van der Waals surface area contributed by atoms with Gasteiger partial charge in [0.2, 0.25) is 5.91 Å². The van der Waals surface area contributed by atoms with Gasteiger partial charge in [-0.1, -0.05) is 0 Å². The summed E-state index contributed by atoms with van der Waals surface area (Å²) in [7, 11) is -2.91. The van der Waals surface area contributed by atoms with E-state index in [0.29, 0.717) is 19.5 Å². The molecule has 2 heterocycles. The van der Waals surface area contributed by atoms with Crippen molar-refractivity contribution >= 4 is 15.7 Å². The van der Waals surface area contributed by atoms with E-state index in [1.165, 1.54) is 0 Å². The zero-order valence-electron chi connectivity index (χ0n) is 9.05. The topological polar surface area (TPSA) is 92.5 Å². The Hall–Kier alpha value is -0.660. The van der Waals surface area contributed by atoms with Crippen molar-refractivity contribution in [3.05, 3.63) is 0 Å². The third-order valence-corrected chi connectivity index (χ3v) is 5.02. The molecule has 0 aliphatic carbocycles. The molecule has 6 nitrogen and oxygen atoms in total. The van der Waals surface area contributed by atoms with Crippen LogP contribution >= 0.6 is 0 Å². The van der Waals surface area contributed by atoms with E-state index in [1.54, 1.807) is 0 Å². The van der Waals surface area contributed by atoms with Crippen LogP contribution in [0.5, 0.6) is 0 Å². The monoisotopic (exact) mass is 247 g/mol. The van der Waals surface area contributed by atoms with Crippen LogP contribution in [0.2, 0.25) is 0 Å². The zero-order valence-corrected chi connectivity index (χ0v) is 9.87. The molecule has 0 bridgehead atoms. The number of carbonyl (C=O) groups excluding carboxylic acids is 1. The third-order valence-electron chi connectivity index (χ3n) is 3.27. The number of amides is 1. The Morgan fingerprint density at radius 3 is 2.81 bits per heavy atom. The summed E-state index contributed by atoms with van der Waals surface area (Å²) in [5, 5.41) is 2.75. The molecular weight excluding hydrogens is 230 g/mol. The van der Waals surface area contributed by atoms with Gasteiger partial charge in [0.25, 0.3) is 0 Å². The molecular formula is C9H17N3O3S. The average molecular weight is 247 g/mol. The van der Waals surface area contributed by atoms with Crippen molar-refractivity contribution in [2.75, 3.05) is 31.1 Å². The van der Waals surface area contributed by atoms with E-state index >= 15 is 0 Å². The van der Waals surface area contributed by atoms with E-state index in [4.69, 9.17) is 5.73 Å². The van der Waals surface area contributed by atoms with Gasteiger partial charge in [0.1, 0.15) is 6.04 Å². The molecule has 0 aromatic carbocycles. The maximum absolute atomic E-state index is 11.6. The molecule has 0 radical (unpaired) electrons. The molecule has 7 heteroatoms. The Kier molecular flexibility index (Phi) is 3.18. The maximum Gasteiger partial charge on any atom is 0.238 e. The number of hydrogen-bond donors (Lipinski definition) is 2. The minimum absolute atomic E-state index is 0.0374. The van der Waals surface area contributed by atoms with Gasteiger partial charge in [-0.05, 0) is 6.42 Å². The minimum Gasteiger partial charge on any atom is -0.353 e. The summed E-state index contributed by atoms with van der Waals surface area (Å²) in [4.78, 5) is 13.5. The Balaban J connectivity index is 2.11. The van der Waals surface area contributed by atoms with Crippen molar-refractivity contribution in [3.63, 3.8) is 0 Å². The lowest BCUT2D eigenvalue weighted by Crippen LogP contribution is -2.61. The highest BCUT2D eigenvalue weighted by molar-refractivity contribution is 7.91. The van der Waals surface area contributed by atoms with Gasteiger partial charge in [0.05, 0.1) is 11.5 Å². The maximum atomic E-state index is 11.6. The lowest BCUT2D eigenvalue weighted by Gasteiger charge is -2.37.